The number of likely N-dealkylation sites (tertiary alicyclic amines) is 1. The van der Waals surface area contributed by atoms with Crippen molar-refractivity contribution in [1.29, 1.82) is 0 Å². The predicted octanol–water partition coefficient (Wildman–Crippen LogP) is 2.92. The summed E-state index contributed by atoms with van der Waals surface area (Å²) in [5.41, 5.74) is 1.17. The van der Waals surface area contributed by atoms with Gasteiger partial charge in [0.25, 0.3) is 0 Å². The minimum Gasteiger partial charge on any atom is -0.385 e. The maximum absolute atomic E-state index is 4.73. The Morgan fingerprint density at radius 2 is 1.92 bits per heavy atom. The number of guanidine groups is 1. The molecule has 2 rings (SSSR count). The van der Waals surface area contributed by atoms with Crippen LogP contribution in [0.1, 0.15) is 40.0 Å². The first-order valence-corrected chi connectivity index (χ1v) is 9.77. The lowest BCUT2D eigenvalue weighted by Gasteiger charge is -2.35. The fourth-order valence-corrected chi connectivity index (χ4v) is 3.13. The van der Waals surface area contributed by atoms with Crippen LogP contribution in [-0.4, -0.2) is 55.7 Å². The van der Waals surface area contributed by atoms with Gasteiger partial charge < -0.3 is 20.9 Å². The van der Waals surface area contributed by atoms with Gasteiger partial charge in [-0.2, -0.15) is 0 Å². The van der Waals surface area contributed by atoms with Crippen molar-refractivity contribution in [3.8, 4) is 0 Å². The summed E-state index contributed by atoms with van der Waals surface area (Å²) in [6, 6.07) is 11.5. The highest BCUT2D eigenvalue weighted by atomic mass is 15.2. The highest BCUT2D eigenvalue weighted by Crippen LogP contribution is 2.12. The third kappa shape index (κ3) is 7.34. The number of hydrogen-bond acceptors (Lipinski definition) is 3. The van der Waals surface area contributed by atoms with Gasteiger partial charge in [-0.1, -0.05) is 18.2 Å². The van der Waals surface area contributed by atoms with Crippen LogP contribution in [0.25, 0.3) is 0 Å². The summed E-state index contributed by atoms with van der Waals surface area (Å²) >= 11 is 0. The predicted molar refractivity (Wildman–Crippen MR) is 108 cm³/mol. The Morgan fingerprint density at radius 1 is 1.20 bits per heavy atom. The van der Waals surface area contributed by atoms with Crippen LogP contribution < -0.4 is 16.0 Å². The molecular weight excluding hydrogens is 310 g/mol. The molecule has 1 aliphatic rings. The second kappa shape index (κ2) is 11.0. The van der Waals surface area contributed by atoms with Gasteiger partial charge in [0, 0.05) is 50.5 Å². The Hall–Kier alpha value is -1.75. The molecule has 1 aromatic carbocycles. The van der Waals surface area contributed by atoms with E-state index < -0.39 is 0 Å². The van der Waals surface area contributed by atoms with Crippen molar-refractivity contribution < 1.29 is 0 Å². The monoisotopic (exact) mass is 345 g/mol. The van der Waals surface area contributed by atoms with Gasteiger partial charge in [0.05, 0.1) is 0 Å². The zero-order chi connectivity index (χ0) is 17.9. The number of rotatable bonds is 8. The third-order valence-corrected chi connectivity index (χ3v) is 4.65. The number of nitrogens with one attached hydrogen (secondary N) is 3. The molecule has 0 radical (unpaired) electrons. The molecule has 1 aromatic rings. The maximum Gasteiger partial charge on any atom is 0.191 e. The lowest BCUT2D eigenvalue weighted by atomic mass is 10.0. The number of para-hydroxylation sites is 1. The number of aliphatic imine (C=N–C) groups is 1. The van der Waals surface area contributed by atoms with E-state index in [4.69, 9.17) is 4.99 Å². The van der Waals surface area contributed by atoms with E-state index in [1.54, 1.807) is 0 Å². The highest BCUT2D eigenvalue weighted by molar-refractivity contribution is 5.80. The second-order valence-corrected chi connectivity index (χ2v) is 6.96. The normalized spacial score (nSPS) is 16.9. The molecule has 3 N–H and O–H groups in total. The average molecular weight is 346 g/mol. The second-order valence-electron chi connectivity index (χ2n) is 6.96. The SMILES string of the molecule is CCNC(=NCCCNc1ccccc1)NC1CCN(C(C)C)CC1. The number of nitrogens with zero attached hydrogens (tertiary/aromatic N) is 2. The van der Waals surface area contributed by atoms with Crippen molar-refractivity contribution >= 4 is 11.6 Å². The van der Waals surface area contributed by atoms with Gasteiger partial charge in [-0.3, -0.25) is 4.99 Å². The molecule has 1 heterocycles. The smallest absolute Gasteiger partial charge is 0.191 e. The summed E-state index contributed by atoms with van der Waals surface area (Å²) in [6.07, 6.45) is 3.41. The summed E-state index contributed by atoms with van der Waals surface area (Å²) < 4.78 is 0. The minimum atomic E-state index is 0.537. The molecule has 0 aliphatic carbocycles. The van der Waals surface area contributed by atoms with Crippen molar-refractivity contribution in [3.05, 3.63) is 30.3 Å². The van der Waals surface area contributed by atoms with E-state index in [-0.39, 0.29) is 0 Å². The Kier molecular flexibility index (Phi) is 8.60. The van der Waals surface area contributed by atoms with E-state index in [1.807, 2.05) is 6.07 Å². The van der Waals surface area contributed by atoms with Crippen molar-refractivity contribution in [2.75, 3.05) is 38.0 Å². The van der Waals surface area contributed by atoms with Crippen LogP contribution in [0, 0.1) is 0 Å². The van der Waals surface area contributed by atoms with Crippen LogP contribution in [0.15, 0.2) is 35.3 Å². The van der Waals surface area contributed by atoms with Crippen LogP contribution in [0.4, 0.5) is 5.69 Å². The molecular formula is C20H35N5. The molecule has 5 nitrogen and oxygen atoms in total. The van der Waals surface area contributed by atoms with E-state index in [9.17, 15) is 0 Å². The molecule has 5 heteroatoms. The Bertz CT molecular complexity index is 492. The average Bonchev–Trinajstić information content (AvgIpc) is 2.63. The van der Waals surface area contributed by atoms with Crippen molar-refractivity contribution in [1.82, 2.24) is 15.5 Å². The first-order chi connectivity index (χ1) is 12.2. The van der Waals surface area contributed by atoms with Crippen LogP contribution in [0.2, 0.25) is 0 Å². The van der Waals surface area contributed by atoms with Gasteiger partial charge in [-0.25, -0.2) is 0 Å². The molecule has 0 aromatic heterocycles. The lowest BCUT2D eigenvalue weighted by molar-refractivity contribution is 0.167. The van der Waals surface area contributed by atoms with Crippen molar-refractivity contribution in [2.24, 2.45) is 4.99 Å². The topological polar surface area (TPSA) is 51.7 Å². The van der Waals surface area contributed by atoms with Gasteiger partial charge in [0.2, 0.25) is 0 Å². The molecule has 140 valence electrons. The molecule has 1 aliphatic heterocycles. The summed E-state index contributed by atoms with van der Waals surface area (Å²) in [5.74, 6) is 0.963. The molecule has 1 fully saturated rings. The van der Waals surface area contributed by atoms with Gasteiger partial charge in [-0.15, -0.1) is 0 Å². The molecule has 0 bridgehead atoms. The maximum atomic E-state index is 4.73. The van der Waals surface area contributed by atoms with Crippen molar-refractivity contribution in [3.63, 3.8) is 0 Å². The molecule has 0 saturated carbocycles. The van der Waals surface area contributed by atoms with Gasteiger partial charge in [-0.05, 0) is 52.2 Å². The fourth-order valence-electron chi connectivity index (χ4n) is 3.13. The summed E-state index contributed by atoms with van der Waals surface area (Å²) in [5, 5.41) is 10.4. The van der Waals surface area contributed by atoms with Crippen LogP contribution >= 0.6 is 0 Å². The number of anilines is 1. The van der Waals surface area contributed by atoms with E-state index >= 15 is 0 Å². The Morgan fingerprint density at radius 3 is 2.56 bits per heavy atom. The fraction of sp³-hybridized carbons (Fsp3) is 0.650. The standard InChI is InChI=1S/C20H35N5/c1-4-21-20(24-19-11-15-25(16-12-19)17(2)3)23-14-8-13-22-18-9-6-5-7-10-18/h5-7,9-10,17,19,22H,4,8,11-16H2,1-3H3,(H2,21,23,24). The highest BCUT2D eigenvalue weighted by Gasteiger charge is 2.21. The Labute approximate surface area is 153 Å². The Balaban J connectivity index is 1.69. The largest absolute Gasteiger partial charge is 0.385 e. The minimum absolute atomic E-state index is 0.537. The number of hydrogen-bond donors (Lipinski definition) is 3. The first kappa shape index (κ1) is 19.6. The molecule has 25 heavy (non-hydrogen) atoms. The van der Waals surface area contributed by atoms with E-state index in [0.29, 0.717) is 12.1 Å². The van der Waals surface area contributed by atoms with E-state index in [0.717, 1.165) is 32.0 Å². The summed E-state index contributed by atoms with van der Waals surface area (Å²) in [7, 11) is 0. The zero-order valence-electron chi connectivity index (χ0n) is 16.1. The van der Waals surface area contributed by atoms with Crippen LogP contribution in [0.5, 0.6) is 0 Å². The van der Waals surface area contributed by atoms with Crippen LogP contribution in [-0.2, 0) is 0 Å². The number of piperidine rings is 1. The van der Waals surface area contributed by atoms with Gasteiger partial charge in [0.15, 0.2) is 5.96 Å². The number of benzene rings is 1. The summed E-state index contributed by atoms with van der Waals surface area (Å²) in [4.78, 5) is 7.29. The van der Waals surface area contributed by atoms with Gasteiger partial charge in [0.1, 0.15) is 0 Å². The zero-order valence-corrected chi connectivity index (χ0v) is 16.1. The van der Waals surface area contributed by atoms with E-state index in [1.165, 1.54) is 31.6 Å². The van der Waals surface area contributed by atoms with E-state index in [2.05, 4.69) is 65.9 Å². The quantitative estimate of drug-likeness (QED) is 0.385. The first-order valence-electron chi connectivity index (χ1n) is 9.77. The lowest BCUT2D eigenvalue weighted by Crippen LogP contribution is -2.49. The van der Waals surface area contributed by atoms with Gasteiger partial charge >= 0.3 is 0 Å². The molecule has 0 spiro atoms. The van der Waals surface area contributed by atoms with Crippen molar-refractivity contribution in [2.45, 2.75) is 52.1 Å². The van der Waals surface area contributed by atoms with Crippen LogP contribution in [0.3, 0.4) is 0 Å². The third-order valence-electron chi connectivity index (χ3n) is 4.65. The molecule has 1 saturated heterocycles. The summed E-state index contributed by atoms with van der Waals surface area (Å²) in [6.45, 7) is 11.7. The molecule has 0 atom stereocenters. The molecule has 0 unspecified atom stereocenters. The molecule has 0 amide bonds.